The number of carbonyl (C=O) groups is 1. The fourth-order valence-corrected chi connectivity index (χ4v) is 4.53. The summed E-state index contributed by atoms with van der Waals surface area (Å²) in [7, 11) is 1.44. The topological polar surface area (TPSA) is 49.8 Å². The zero-order valence-electron chi connectivity index (χ0n) is 21.4. The number of carbonyl (C=O) groups excluding carboxylic acids is 1. The third-order valence-corrected chi connectivity index (χ3v) is 6.42. The Hall–Kier alpha value is -3.44. The van der Waals surface area contributed by atoms with Crippen molar-refractivity contribution in [3.05, 3.63) is 107 Å². The van der Waals surface area contributed by atoms with Gasteiger partial charge in [-0.1, -0.05) is 86.7 Å². The van der Waals surface area contributed by atoms with Crippen LogP contribution in [0.25, 0.3) is 5.57 Å². The predicted octanol–water partition coefficient (Wildman–Crippen LogP) is 6.39. The summed E-state index contributed by atoms with van der Waals surface area (Å²) in [6.07, 6.45) is 4.07. The Balaban J connectivity index is 0.00000176. The summed E-state index contributed by atoms with van der Waals surface area (Å²) >= 11 is 0. The largest absolute Gasteiger partial charge is 0.494 e. The molecule has 1 unspecified atom stereocenters. The van der Waals surface area contributed by atoms with Crippen LogP contribution in [0.3, 0.4) is 0 Å². The first-order chi connectivity index (χ1) is 17.5. The molecule has 3 aromatic rings. The zero-order chi connectivity index (χ0) is 26.0. The Kier molecular flexibility index (Phi) is 9.83. The molecule has 0 spiro atoms. The highest BCUT2D eigenvalue weighted by atomic mass is 19.1. The Labute approximate surface area is 214 Å². The van der Waals surface area contributed by atoms with Crippen molar-refractivity contribution in [1.82, 2.24) is 4.90 Å². The molecule has 5 heteroatoms. The van der Waals surface area contributed by atoms with Crippen LogP contribution in [0.15, 0.2) is 84.9 Å². The van der Waals surface area contributed by atoms with Gasteiger partial charge in [-0.3, -0.25) is 4.79 Å². The van der Waals surface area contributed by atoms with Gasteiger partial charge in [0.15, 0.2) is 11.6 Å². The van der Waals surface area contributed by atoms with E-state index in [-0.39, 0.29) is 24.6 Å². The van der Waals surface area contributed by atoms with Gasteiger partial charge in [0, 0.05) is 6.54 Å². The number of ether oxygens (including phenoxy) is 1. The van der Waals surface area contributed by atoms with Crippen molar-refractivity contribution < 1.29 is 19.0 Å². The van der Waals surface area contributed by atoms with Crippen LogP contribution in [0.5, 0.6) is 5.75 Å². The fraction of sp³-hybridized carbons (Fsp3) is 0.323. The van der Waals surface area contributed by atoms with Crippen molar-refractivity contribution in [2.75, 3.05) is 20.2 Å². The number of amides is 1. The number of hydrogen-bond acceptors (Lipinski definition) is 3. The second-order valence-corrected chi connectivity index (χ2v) is 8.76. The van der Waals surface area contributed by atoms with Gasteiger partial charge in [0.1, 0.15) is 5.60 Å². The van der Waals surface area contributed by atoms with E-state index in [2.05, 4.69) is 0 Å². The maximum atomic E-state index is 14.1. The molecule has 4 nitrogen and oxygen atoms in total. The van der Waals surface area contributed by atoms with Crippen LogP contribution in [-0.2, 0) is 16.8 Å². The molecular formula is C31H36FNO3. The molecule has 0 saturated carbocycles. The zero-order valence-corrected chi connectivity index (χ0v) is 21.4. The van der Waals surface area contributed by atoms with Crippen LogP contribution < -0.4 is 4.74 Å². The maximum Gasteiger partial charge on any atom is 0.227 e. The van der Waals surface area contributed by atoms with Crippen molar-refractivity contribution in [3.63, 3.8) is 0 Å². The monoisotopic (exact) mass is 489 g/mol. The van der Waals surface area contributed by atoms with Gasteiger partial charge < -0.3 is 14.7 Å². The molecule has 1 saturated heterocycles. The van der Waals surface area contributed by atoms with Gasteiger partial charge >= 0.3 is 0 Å². The van der Waals surface area contributed by atoms with Gasteiger partial charge in [0.25, 0.3) is 0 Å². The van der Waals surface area contributed by atoms with Crippen LogP contribution in [0.1, 0.15) is 49.8 Å². The number of piperidine rings is 1. The third kappa shape index (κ3) is 6.82. The standard InChI is InChI=1S/C29H30FNO3.C2H6/c1-34-27-16-14-22(19-26(27)30)13-15-24(23-9-4-2-5-10-23)20-28(32)31-18-8-17-29(33,21-31)25-11-6-3-7-12-25;1-2/h2-7,9-12,14-16,19,33H,8,13,17-18,20-21H2,1H3;1-2H3/b24-15-;. The fourth-order valence-electron chi connectivity index (χ4n) is 4.53. The number of rotatable bonds is 7. The quantitative estimate of drug-likeness (QED) is 0.419. The first-order valence-corrected chi connectivity index (χ1v) is 12.6. The van der Waals surface area contributed by atoms with E-state index in [1.807, 2.05) is 86.7 Å². The van der Waals surface area contributed by atoms with Gasteiger partial charge in [-0.2, -0.15) is 0 Å². The molecule has 190 valence electrons. The minimum Gasteiger partial charge on any atom is -0.494 e. The highest BCUT2D eigenvalue weighted by molar-refractivity contribution is 5.89. The Morgan fingerprint density at radius 1 is 1.06 bits per heavy atom. The average molecular weight is 490 g/mol. The number of nitrogens with zero attached hydrogens (tertiary/aromatic N) is 1. The van der Waals surface area contributed by atoms with E-state index < -0.39 is 11.4 Å². The van der Waals surface area contributed by atoms with E-state index >= 15 is 0 Å². The summed E-state index contributed by atoms with van der Waals surface area (Å²) in [4.78, 5) is 15.1. The summed E-state index contributed by atoms with van der Waals surface area (Å²) in [6.45, 7) is 4.90. The number of benzene rings is 3. The first-order valence-electron chi connectivity index (χ1n) is 12.6. The third-order valence-electron chi connectivity index (χ3n) is 6.42. The lowest BCUT2D eigenvalue weighted by Gasteiger charge is -2.39. The average Bonchev–Trinajstić information content (AvgIpc) is 2.93. The molecule has 3 aromatic carbocycles. The van der Waals surface area contributed by atoms with E-state index in [9.17, 15) is 14.3 Å². The van der Waals surface area contributed by atoms with Crippen LogP contribution in [-0.4, -0.2) is 36.1 Å². The van der Waals surface area contributed by atoms with Crippen molar-refractivity contribution >= 4 is 11.5 Å². The molecule has 1 heterocycles. The van der Waals surface area contributed by atoms with E-state index in [4.69, 9.17) is 4.74 Å². The predicted molar refractivity (Wildman–Crippen MR) is 143 cm³/mol. The summed E-state index contributed by atoms with van der Waals surface area (Å²) in [5, 5.41) is 11.3. The highest BCUT2D eigenvalue weighted by Crippen LogP contribution is 2.32. The summed E-state index contributed by atoms with van der Waals surface area (Å²) in [5.74, 6) is -0.216. The molecule has 0 radical (unpaired) electrons. The molecule has 0 aliphatic carbocycles. The number of methoxy groups -OCH3 is 1. The van der Waals surface area contributed by atoms with E-state index in [0.717, 1.165) is 28.7 Å². The molecule has 1 fully saturated rings. The number of halogens is 1. The molecule has 1 atom stereocenters. The normalized spacial score (nSPS) is 17.7. The lowest BCUT2D eigenvalue weighted by Crippen LogP contribution is -2.48. The first kappa shape index (κ1) is 27.2. The molecule has 36 heavy (non-hydrogen) atoms. The number of likely N-dealkylation sites (tertiary alicyclic amines) is 1. The SMILES string of the molecule is CC.COc1ccc(C/C=C(/CC(=O)N2CCCC(O)(c3ccccc3)C2)c2ccccc2)cc1F. The molecule has 4 rings (SSSR count). The van der Waals surface area contributed by atoms with Crippen molar-refractivity contribution in [2.45, 2.75) is 45.1 Å². The van der Waals surface area contributed by atoms with Crippen LogP contribution >= 0.6 is 0 Å². The number of aliphatic hydroxyl groups is 1. The van der Waals surface area contributed by atoms with Gasteiger partial charge in [-0.15, -0.1) is 0 Å². The van der Waals surface area contributed by atoms with Crippen molar-refractivity contribution in [2.24, 2.45) is 0 Å². The summed E-state index contributed by atoms with van der Waals surface area (Å²) in [6, 6.07) is 24.2. The second kappa shape index (κ2) is 13.0. The van der Waals surface area contributed by atoms with E-state index in [1.165, 1.54) is 13.2 Å². The molecule has 1 amide bonds. The lowest BCUT2D eigenvalue weighted by atomic mass is 9.85. The maximum absolute atomic E-state index is 14.1. The molecule has 0 bridgehead atoms. The second-order valence-electron chi connectivity index (χ2n) is 8.76. The Morgan fingerprint density at radius 2 is 1.72 bits per heavy atom. The van der Waals surface area contributed by atoms with Crippen LogP contribution in [0, 0.1) is 5.82 Å². The Morgan fingerprint density at radius 3 is 2.36 bits per heavy atom. The minimum absolute atomic E-state index is 0.0231. The molecule has 1 aliphatic heterocycles. The number of allylic oxidation sites excluding steroid dienone is 1. The Bertz CT molecular complexity index is 1150. The van der Waals surface area contributed by atoms with Crippen LogP contribution in [0.2, 0.25) is 0 Å². The van der Waals surface area contributed by atoms with Crippen molar-refractivity contribution in [3.8, 4) is 5.75 Å². The highest BCUT2D eigenvalue weighted by Gasteiger charge is 2.36. The van der Waals surface area contributed by atoms with Gasteiger partial charge in [0.05, 0.1) is 20.1 Å². The summed E-state index contributed by atoms with van der Waals surface area (Å²) < 4.78 is 19.1. The minimum atomic E-state index is -1.04. The van der Waals surface area contributed by atoms with E-state index in [1.54, 1.807) is 11.0 Å². The van der Waals surface area contributed by atoms with Gasteiger partial charge in [-0.25, -0.2) is 4.39 Å². The molecule has 1 N–H and O–H groups in total. The van der Waals surface area contributed by atoms with Crippen LogP contribution in [0.4, 0.5) is 4.39 Å². The van der Waals surface area contributed by atoms with Gasteiger partial charge in [0.2, 0.25) is 5.91 Å². The lowest BCUT2D eigenvalue weighted by molar-refractivity contribution is -0.137. The van der Waals surface area contributed by atoms with Crippen molar-refractivity contribution in [1.29, 1.82) is 0 Å². The smallest absolute Gasteiger partial charge is 0.227 e. The molecule has 0 aromatic heterocycles. The van der Waals surface area contributed by atoms with E-state index in [0.29, 0.717) is 19.4 Å². The summed E-state index contributed by atoms with van der Waals surface area (Å²) in [5.41, 5.74) is 2.45. The number of β-amino-alcohol motifs (C(OH)–C–C–N with tert-alkyl or cyclic N) is 1. The molecule has 1 aliphatic rings. The van der Waals surface area contributed by atoms with Gasteiger partial charge in [-0.05, 0) is 53.7 Å². The molecular weight excluding hydrogens is 453 g/mol. The number of hydrogen-bond donors (Lipinski definition) is 1.